The van der Waals surface area contributed by atoms with E-state index in [1.165, 1.54) is 12.0 Å². The van der Waals surface area contributed by atoms with Crippen LogP contribution >= 0.6 is 0 Å². The SMILES string of the molecule is CC1(C)OC2CCC(c3ccc(N)cc3)CC2O1. The van der Waals surface area contributed by atoms with Crippen LogP contribution in [0.15, 0.2) is 24.3 Å². The van der Waals surface area contributed by atoms with E-state index < -0.39 is 5.79 Å². The second-order valence-electron chi connectivity index (χ2n) is 5.89. The van der Waals surface area contributed by atoms with Gasteiger partial charge in [0, 0.05) is 5.69 Å². The van der Waals surface area contributed by atoms with Gasteiger partial charge in [-0.2, -0.15) is 0 Å². The fourth-order valence-electron chi connectivity index (χ4n) is 3.19. The van der Waals surface area contributed by atoms with Gasteiger partial charge in [0.25, 0.3) is 0 Å². The van der Waals surface area contributed by atoms with Crippen molar-refractivity contribution in [1.29, 1.82) is 0 Å². The van der Waals surface area contributed by atoms with Gasteiger partial charge in [-0.3, -0.25) is 0 Å². The topological polar surface area (TPSA) is 44.5 Å². The van der Waals surface area contributed by atoms with E-state index in [1.54, 1.807) is 0 Å². The lowest BCUT2D eigenvalue weighted by atomic mass is 9.81. The number of fused-ring (bicyclic) bond motifs is 1. The molecule has 1 saturated carbocycles. The van der Waals surface area contributed by atoms with Crippen LogP contribution in [0.2, 0.25) is 0 Å². The van der Waals surface area contributed by atoms with Crippen LogP contribution in [0.25, 0.3) is 0 Å². The molecule has 1 heterocycles. The molecule has 1 aromatic rings. The summed E-state index contributed by atoms with van der Waals surface area (Å²) >= 11 is 0. The van der Waals surface area contributed by atoms with Gasteiger partial charge < -0.3 is 15.2 Å². The minimum atomic E-state index is -0.411. The summed E-state index contributed by atoms with van der Waals surface area (Å²) in [5.41, 5.74) is 7.93. The van der Waals surface area contributed by atoms with Gasteiger partial charge in [0.15, 0.2) is 5.79 Å². The Bertz CT molecular complexity index is 427. The Kier molecular flexibility index (Phi) is 2.83. The van der Waals surface area contributed by atoms with Crippen molar-refractivity contribution >= 4 is 5.69 Å². The van der Waals surface area contributed by atoms with Crippen molar-refractivity contribution in [1.82, 2.24) is 0 Å². The maximum absolute atomic E-state index is 5.98. The van der Waals surface area contributed by atoms with E-state index in [-0.39, 0.29) is 12.2 Å². The zero-order valence-corrected chi connectivity index (χ0v) is 11.1. The molecule has 2 aliphatic rings. The molecule has 3 heteroatoms. The van der Waals surface area contributed by atoms with E-state index in [4.69, 9.17) is 15.2 Å². The molecule has 0 spiro atoms. The van der Waals surface area contributed by atoms with Crippen LogP contribution in [0, 0.1) is 0 Å². The Balaban J connectivity index is 1.72. The number of ether oxygens (including phenoxy) is 2. The summed E-state index contributed by atoms with van der Waals surface area (Å²) in [4.78, 5) is 0. The van der Waals surface area contributed by atoms with Crippen molar-refractivity contribution in [2.24, 2.45) is 0 Å². The van der Waals surface area contributed by atoms with Gasteiger partial charge in [-0.1, -0.05) is 12.1 Å². The number of nitrogen functional groups attached to an aromatic ring is 1. The van der Waals surface area contributed by atoms with Crippen LogP contribution in [0.1, 0.15) is 44.6 Å². The van der Waals surface area contributed by atoms with Crippen molar-refractivity contribution in [3.8, 4) is 0 Å². The fourth-order valence-corrected chi connectivity index (χ4v) is 3.19. The average molecular weight is 247 g/mol. The molecule has 98 valence electrons. The quantitative estimate of drug-likeness (QED) is 0.776. The molecule has 1 aliphatic heterocycles. The summed E-state index contributed by atoms with van der Waals surface area (Å²) in [5.74, 6) is 0.162. The molecule has 18 heavy (non-hydrogen) atoms. The molecular formula is C15H21NO2. The van der Waals surface area contributed by atoms with E-state index in [2.05, 4.69) is 12.1 Å². The van der Waals surface area contributed by atoms with Crippen molar-refractivity contribution < 1.29 is 9.47 Å². The summed E-state index contributed by atoms with van der Waals surface area (Å²) < 4.78 is 11.9. The van der Waals surface area contributed by atoms with E-state index in [1.807, 2.05) is 26.0 Å². The molecule has 1 saturated heterocycles. The predicted molar refractivity (Wildman–Crippen MR) is 71.3 cm³/mol. The predicted octanol–water partition coefficient (Wildman–Crippen LogP) is 3.06. The monoisotopic (exact) mass is 247 g/mol. The maximum atomic E-state index is 5.98. The number of rotatable bonds is 1. The van der Waals surface area contributed by atoms with Gasteiger partial charge in [0.05, 0.1) is 12.2 Å². The average Bonchev–Trinajstić information content (AvgIpc) is 2.62. The normalized spacial score (nSPS) is 34.2. The number of anilines is 1. The first-order valence-corrected chi connectivity index (χ1v) is 6.74. The van der Waals surface area contributed by atoms with Crippen molar-refractivity contribution in [3.63, 3.8) is 0 Å². The van der Waals surface area contributed by atoms with Crippen molar-refractivity contribution in [2.75, 3.05) is 5.73 Å². The van der Waals surface area contributed by atoms with Crippen LogP contribution < -0.4 is 5.73 Å². The summed E-state index contributed by atoms with van der Waals surface area (Å²) in [5, 5.41) is 0. The molecule has 1 aliphatic carbocycles. The largest absolute Gasteiger partial charge is 0.399 e. The van der Waals surface area contributed by atoms with Gasteiger partial charge in [-0.25, -0.2) is 0 Å². The van der Waals surface area contributed by atoms with E-state index in [9.17, 15) is 0 Å². The van der Waals surface area contributed by atoms with Gasteiger partial charge in [0.1, 0.15) is 0 Å². The molecule has 3 atom stereocenters. The third-order valence-electron chi connectivity index (χ3n) is 4.01. The molecule has 0 radical (unpaired) electrons. The van der Waals surface area contributed by atoms with E-state index >= 15 is 0 Å². The zero-order chi connectivity index (χ0) is 12.8. The zero-order valence-electron chi connectivity index (χ0n) is 11.1. The summed E-state index contributed by atoms with van der Waals surface area (Å²) in [7, 11) is 0. The lowest BCUT2D eigenvalue weighted by molar-refractivity contribution is -0.145. The molecule has 0 bridgehead atoms. The Morgan fingerprint density at radius 1 is 1.06 bits per heavy atom. The standard InChI is InChI=1S/C15H21NO2/c1-15(2)17-13-8-5-11(9-14(13)18-15)10-3-6-12(16)7-4-10/h3-4,6-7,11,13-14H,5,8-9,16H2,1-2H3. The van der Waals surface area contributed by atoms with E-state index in [0.717, 1.165) is 18.5 Å². The molecular weight excluding hydrogens is 226 g/mol. The molecule has 3 unspecified atom stereocenters. The highest BCUT2D eigenvalue weighted by molar-refractivity contribution is 5.40. The first kappa shape index (κ1) is 12.0. The smallest absolute Gasteiger partial charge is 0.163 e. The van der Waals surface area contributed by atoms with Crippen molar-refractivity contribution in [2.45, 2.75) is 57.0 Å². The molecule has 0 amide bonds. The lowest BCUT2D eigenvalue weighted by Crippen LogP contribution is -2.30. The lowest BCUT2D eigenvalue weighted by Gasteiger charge is -2.29. The molecule has 3 rings (SSSR count). The third kappa shape index (κ3) is 2.25. The molecule has 3 nitrogen and oxygen atoms in total. The van der Waals surface area contributed by atoms with Crippen LogP contribution in [-0.4, -0.2) is 18.0 Å². The molecule has 0 aromatic heterocycles. The summed E-state index contributed by atoms with van der Waals surface area (Å²) in [6.45, 7) is 4.01. The Hall–Kier alpha value is -1.06. The minimum Gasteiger partial charge on any atom is -0.399 e. The minimum absolute atomic E-state index is 0.247. The number of hydrogen-bond donors (Lipinski definition) is 1. The second-order valence-corrected chi connectivity index (χ2v) is 5.89. The first-order valence-electron chi connectivity index (χ1n) is 6.74. The van der Waals surface area contributed by atoms with Gasteiger partial charge in [0.2, 0.25) is 0 Å². The van der Waals surface area contributed by atoms with Crippen LogP contribution in [0.3, 0.4) is 0 Å². The number of hydrogen-bond acceptors (Lipinski definition) is 3. The Morgan fingerprint density at radius 3 is 2.44 bits per heavy atom. The second kappa shape index (κ2) is 4.25. The first-order chi connectivity index (χ1) is 8.53. The molecule has 1 aromatic carbocycles. The molecule has 2 N–H and O–H groups in total. The maximum Gasteiger partial charge on any atom is 0.163 e. The highest BCUT2D eigenvalue weighted by atomic mass is 16.7. The number of benzene rings is 1. The third-order valence-corrected chi connectivity index (χ3v) is 4.01. The van der Waals surface area contributed by atoms with Gasteiger partial charge >= 0.3 is 0 Å². The van der Waals surface area contributed by atoms with E-state index in [0.29, 0.717) is 5.92 Å². The highest BCUT2D eigenvalue weighted by Crippen LogP contribution is 2.42. The summed E-state index contributed by atoms with van der Waals surface area (Å²) in [6, 6.07) is 8.25. The van der Waals surface area contributed by atoms with Crippen molar-refractivity contribution in [3.05, 3.63) is 29.8 Å². The fraction of sp³-hybridized carbons (Fsp3) is 0.600. The van der Waals surface area contributed by atoms with Gasteiger partial charge in [-0.05, 0) is 56.7 Å². The molecule has 2 fully saturated rings. The van der Waals surface area contributed by atoms with Gasteiger partial charge in [-0.15, -0.1) is 0 Å². The van der Waals surface area contributed by atoms with Crippen LogP contribution in [0.4, 0.5) is 5.69 Å². The Morgan fingerprint density at radius 2 is 1.72 bits per heavy atom. The van der Waals surface area contributed by atoms with Crippen LogP contribution in [-0.2, 0) is 9.47 Å². The number of nitrogens with two attached hydrogens (primary N) is 1. The Labute approximate surface area is 108 Å². The highest BCUT2D eigenvalue weighted by Gasteiger charge is 2.44. The van der Waals surface area contributed by atoms with Crippen LogP contribution in [0.5, 0.6) is 0 Å². The summed E-state index contributed by atoms with van der Waals surface area (Å²) in [6.07, 6.45) is 3.84.